The number of amides is 1. The van der Waals surface area contributed by atoms with Crippen LogP contribution >= 0.6 is 0 Å². The lowest BCUT2D eigenvalue weighted by Gasteiger charge is -2.47. The number of likely N-dealkylation sites (tertiary alicyclic amines) is 1. The number of carbonyl (C=O) groups is 1. The van der Waals surface area contributed by atoms with Crippen LogP contribution in [0.3, 0.4) is 0 Å². The summed E-state index contributed by atoms with van der Waals surface area (Å²) in [6.45, 7) is 6.73. The number of hydrogen-bond acceptors (Lipinski definition) is 5. The molecule has 1 amide bonds. The van der Waals surface area contributed by atoms with Gasteiger partial charge in [0.25, 0.3) is 5.91 Å². The Morgan fingerprint density at radius 1 is 1.19 bits per heavy atom. The Bertz CT molecular complexity index is 1330. The molecule has 3 aromatic rings. The van der Waals surface area contributed by atoms with E-state index in [4.69, 9.17) is 9.15 Å². The van der Waals surface area contributed by atoms with Gasteiger partial charge in [-0.3, -0.25) is 4.79 Å². The molecule has 2 heterocycles. The summed E-state index contributed by atoms with van der Waals surface area (Å²) in [6.07, 6.45) is 4.33. The van der Waals surface area contributed by atoms with Crippen LogP contribution < -0.4 is 10.4 Å². The minimum atomic E-state index is -0.700. The molecule has 0 spiro atoms. The molecule has 36 heavy (non-hydrogen) atoms. The first-order chi connectivity index (χ1) is 17.2. The molecule has 2 aliphatic rings. The van der Waals surface area contributed by atoms with E-state index in [1.807, 2.05) is 61.2 Å². The fourth-order valence-corrected chi connectivity index (χ4v) is 6.00. The summed E-state index contributed by atoms with van der Waals surface area (Å²) >= 11 is 0. The number of carbonyl (C=O) groups excluding carboxylic acids is 1. The van der Waals surface area contributed by atoms with Crippen molar-refractivity contribution in [1.29, 1.82) is 0 Å². The van der Waals surface area contributed by atoms with Crippen LogP contribution in [0.4, 0.5) is 0 Å². The Hall–Kier alpha value is -3.12. The molecular formula is C30H35NO5. The first kappa shape index (κ1) is 24.6. The van der Waals surface area contributed by atoms with Gasteiger partial charge in [-0.25, -0.2) is 4.79 Å². The zero-order valence-corrected chi connectivity index (χ0v) is 21.4. The van der Waals surface area contributed by atoms with Crippen molar-refractivity contribution in [2.45, 2.75) is 71.0 Å². The molecule has 1 saturated heterocycles. The highest BCUT2D eigenvalue weighted by molar-refractivity contribution is 5.89. The molecule has 2 aromatic carbocycles. The number of aryl methyl sites for hydroxylation is 2. The van der Waals surface area contributed by atoms with Gasteiger partial charge in [0.1, 0.15) is 11.3 Å². The van der Waals surface area contributed by atoms with E-state index in [0.29, 0.717) is 42.8 Å². The third-order valence-electron chi connectivity index (χ3n) is 8.10. The van der Waals surface area contributed by atoms with Crippen molar-refractivity contribution in [1.82, 2.24) is 4.90 Å². The van der Waals surface area contributed by atoms with E-state index >= 15 is 0 Å². The van der Waals surface area contributed by atoms with E-state index in [0.717, 1.165) is 47.8 Å². The van der Waals surface area contributed by atoms with Crippen LogP contribution in [-0.4, -0.2) is 40.7 Å². The first-order valence-corrected chi connectivity index (χ1v) is 13.0. The molecule has 1 aliphatic carbocycles. The number of aliphatic hydroxyl groups is 1. The third kappa shape index (κ3) is 4.66. The molecule has 6 nitrogen and oxygen atoms in total. The zero-order chi connectivity index (χ0) is 25.4. The molecule has 1 saturated carbocycles. The van der Waals surface area contributed by atoms with Gasteiger partial charge in [0.05, 0.1) is 11.0 Å². The van der Waals surface area contributed by atoms with Gasteiger partial charge < -0.3 is 19.2 Å². The number of nitrogens with zero attached hydrogens (tertiary/aromatic N) is 1. The smallest absolute Gasteiger partial charge is 0.340 e. The summed E-state index contributed by atoms with van der Waals surface area (Å²) in [4.78, 5) is 28.1. The quantitative estimate of drug-likeness (QED) is 0.515. The summed E-state index contributed by atoms with van der Waals surface area (Å²) in [5.74, 6) is 0.609. The van der Waals surface area contributed by atoms with Gasteiger partial charge >= 0.3 is 5.63 Å². The number of rotatable bonds is 5. The molecule has 3 atom stereocenters. The van der Waals surface area contributed by atoms with E-state index < -0.39 is 11.7 Å². The van der Waals surface area contributed by atoms with Crippen molar-refractivity contribution < 1.29 is 19.1 Å². The molecular weight excluding hydrogens is 454 g/mol. The molecule has 6 heteroatoms. The second kappa shape index (κ2) is 9.74. The van der Waals surface area contributed by atoms with Crippen molar-refractivity contribution in [2.75, 3.05) is 13.1 Å². The van der Waals surface area contributed by atoms with Crippen molar-refractivity contribution in [3.8, 4) is 5.75 Å². The largest absolute Gasteiger partial charge is 0.480 e. The molecule has 1 aromatic heterocycles. The van der Waals surface area contributed by atoms with Crippen LogP contribution in [-0.2, 0) is 11.2 Å². The van der Waals surface area contributed by atoms with E-state index in [1.165, 1.54) is 0 Å². The van der Waals surface area contributed by atoms with Crippen molar-refractivity contribution in [3.63, 3.8) is 0 Å². The Morgan fingerprint density at radius 3 is 2.75 bits per heavy atom. The molecule has 0 radical (unpaired) electrons. The predicted octanol–water partition coefficient (Wildman–Crippen LogP) is 4.92. The third-order valence-corrected chi connectivity index (χ3v) is 8.10. The van der Waals surface area contributed by atoms with Crippen LogP contribution in [0.2, 0.25) is 0 Å². The summed E-state index contributed by atoms with van der Waals surface area (Å²) in [5, 5.41) is 11.7. The fourth-order valence-electron chi connectivity index (χ4n) is 6.00. The Labute approximate surface area is 211 Å². The second-order valence-electron chi connectivity index (χ2n) is 10.6. The molecule has 5 rings (SSSR count). The monoisotopic (exact) mass is 489 g/mol. The number of hydrogen-bond donors (Lipinski definition) is 1. The maximum absolute atomic E-state index is 13.4. The fraction of sp³-hybridized carbons (Fsp3) is 0.467. The summed E-state index contributed by atoms with van der Waals surface area (Å²) in [5.41, 5.74) is 2.81. The zero-order valence-electron chi connectivity index (χ0n) is 21.4. The molecule has 2 fully saturated rings. The second-order valence-corrected chi connectivity index (χ2v) is 10.6. The average Bonchev–Trinajstić information content (AvgIpc) is 2.85. The van der Waals surface area contributed by atoms with E-state index in [2.05, 4.69) is 0 Å². The highest BCUT2D eigenvalue weighted by Crippen LogP contribution is 2.40. The maximum Gasteiger partial charge on any atom is 0.340 e. The molecule has 1 aliphatic heterocycles. The minimum Gasteiger partial charge on any atom is -0.480 e. The number of piperidine rings is 1. The van der Waals surface area contributed by atoms with E-state index in [9.17, 15) is 14.7 Å². The summed E-state index contributed by atoms with van der Waals surface area (Å²) in [6, 6.07) is 13.6. The van der Waals surface area contributed by atoms with Crippen molar-refractivity contribution >= 4 is 16.9 Å². The maximum atomic E-state index is 13.4. The lowest BCUT2D eigenvalue weighted by Crippen LogP contribution is -2.56. The van der Waals surface area contributed by atoms with Crippen LogP contribution in [0.1, 0.15) is 61.3 Å². The van der Waals surface area contributed by atoms with Gasteiger partial charge in [-0.2, -0.15) is 0 Å². The van der Waals surface area contributed by atoms with Crippen LogP contribution in [0.25, 0.3) is 11.0 Å². The Balaban J connectivity index is 1.42. The standard InChI is InChI=1S/C30H35NO5/c1-19-15-25(35-21(3)28(32)31-14-13-30(34)12-8-7-11-23(30)18-31)27-20(2)24(29(33)36-26(27)16-19)17-22-9-5-4-6-10-22/h4-6,9-10,15-16,21,23,34H,7-8,11-14,17-18H2,1-3H3/t21-,23+,30-/m0/s1. The molecule has 1 N–H and O–H groups in total. The number of benzene rings is 2. The van der Waals surface area contributed by atoms with Crippen LogP contribution in [0.5, 0.6) is 5.75 Å². The highest BCUT2D eigenvalue weighted by Gasteiger charge is 2.44. The van der Waals surface area contributed by atoms with Gasteiger partial charge in [0.15, 0.2) is 6.10 Å². The molecule has 0 unspecified atom stereocenters. The first-order valence-electron chi connectivity index (χ1n) is 13.0. The summed E-state index contributed by atoms with van der Waals surface area (Å²) < 4.78 is 12.0. The normalized spacial score (nSPS) is 22.8. The van der Waals surface area contributed by atoms with Gasteiger partial charge in [0, 0.05) is 31.0 Å². The van der Waals surface area contributed by atoms with E-state index in [1.54, 1.807) is 6.92 Å². The summed E-state index contributed by atoms with van der Waals surface area (Å²) in [7, 11) is 0. The average molecular weight is 490 g/mol. The van der Waals surface area contributed by atoms with Crippen molar-refractivity contribution in [3.05, 3.63) is 75.1 Å². The van der Waals surface area contributed by atoms with Crippen molar-refractivity contribution in [2.24, 2.45) is 5.92 Å². The molecule has 190 valence electrons. The Kier molecular flexibility index (Phi) is 6.64. The lowest BCUT2D eigenvalue weighted by molar-refractivity contribution is -0.149. The van der Waals surface area contributed by atoms with Gasteiger partial charge in [-0.15, -0.1) is 0 Å². The van der Waals surface area contributed by atoms with Crippen LogP contribution in [0, 0.1) is 19.8 Å². The minimum absolute atomic E-state index is 0.0724. The Morgan fingerprint density at radius 2 is 1.97 bits per heavy atom. The molecule has 0 bridgehead atoms. The topological polar surface area (TPSA) is 80.0 Å². The highest BCUT2D eigenvalue weighted by atomic mass is 16.5. The van der Waals surface area contributed by atoms with Crippen LogP contribution in [0.15, 0.2) is 51.7 Å². The predicted molar refractivity (Wildman–Crippen MR) is 139 cm³/mol. The lowest BCUT2D eigenvalue weighted by atomic mass is 9.71. The SMILES string of the molecule is Cc1cc(O[C@@H](C)C(=O)N2CC[C@@]3(O)CCCC[C@@H]3C2)c2c(C)c(Cc3ccccc3)c(=O)oc2c1. The van der Waals surface area contributed by atoms with Gasteiger partial charge in [-0.1, -0.05) is 43.2 Å². The van der Waals surface area contributed by atoms with Gasteiger partial charge in [0.2, 0.25) is 0 Å². The number of fused-ring (bicyclic) bond motifs is 2. The number of ether oxygens (including phenoxy) is 1. The van der Waals surface area contributed by atoms with E-state index in [-0.39, 0.29) is 17.5 Å². The van der Waals surface area contributed by atoms with Gasteiger partial charge in [-0.05, 0) is 68.9 Å².